The highest BCUT2D eigenvalue weighted by Crippen LogP contribution is 2.45. The summed E-state index contributed by atoms with van der Waals surface area (Å²) in [5, 5.41) is 9.22. The first-order valence-corrected chi connectivity index (χ1v) is 17.0. The SMILES string of the molecule is COc1ccc(Cn2nc(-c3ccc(Nc4nc(-c5c(OC)ncnc5C5CC5)ncc4CS(=O)(=O)O)cc3)c3ccccc3c2=O)cc1. The number of hydrogen-bond donors (Lipinski definition) is 2. The molecule has 14 heteroatoms. The molecule has 0 spiro atoms. The molecular weight excluding hydrogens is 646 g/mol. The summed E-state index contributed by atoms with van der Waals surface area (Å²) in [6, 6.07) is 22.1. The number of hydrogen-bond acceptors (Lipinski definition) is 11. The van der Waals surface area contributed by atoms with Crippen LogP contribution in [0.4, 0.5) is 11.5 Å². The number of anilines is 2. The summed E-state index contributed by atoms with van der Waals surface area (Å²) in [7, 11) is -1.30. The van der Waals surface area contributed by atoms with Gasteiger partial charge in [0.05, 0.1) is 37.5 Å². The smallest absolute Gasteiger partial charge is 0.274 e. The molecule has 1 saturated carbocycles. The molecule has 3 aromatic heterocycles. The lowest BCUT2D eigenvalue weighted by molar-refractivity contribution is 0.397. The monoisotopic (exact) mass is 677 g/mol. The molecule has 3 heterocycles. The molecule has 7 rings (SSSR count). The maximum absolute atomic E-state index is 13.4. The van der Waals surface area contributed by atoms with Crippen molar-refractivity contribution in [2.24, 2.45) is 0 Å². The van der Waals surface area contributed by atoms with Crippen LogP contribution in [0.3, 0.4) is 0 Å². The van der Waals surface area contributed by atoms with E-state index in [0.29, 0.717) is 33.6 Å². The highest BCUT2D eigenvalue weighted by atomic mass is 32.2. The van der Waals surface area contributed by atoms with E-state index in [-0.39, 0.29) is 35.2 Å². The van der Waals surface area contributed by atoms with Gasteiger partial charge in [-0.2, -0.15) is 13.5 Å². The largest absolute Gasteiger partial charge is 0.497 e. The van der Waals surface area contributed by atoms with Crippen molar-refractivity contribution in [3.63, 3.8) is 0 Å². The van der Waals surface area contributed by atoms with Crippen LogP contribution in [0.1, 0.15) is 35.6 Å². The highest BCUT2D eigenvalue weighted by Gasteiger charge is 2.31. The molecule has 0 radical (unpaired) electrons. The van der Waals surface area contributed by atoms with E-state index >= 15 is 0 Å². The van der Waals surface area contributed by atoms with Crippen LogP contribution in [0.25, 0.3) is 33.4 Å². The Morgan fingerprint density at radius 1 is 0.918 bits per heavy atom. The molecule has 13 nitrogen and oxygen atoms in total. The zero-order chi connectivity index (χ0) is 34.1. The van der Waals surface area contributed by atoms with Crippen molar-refractivity contribution in [1.82, 2.24) is 29.7 Å². The summed E-state index contributed by atoms with van der Waals surface area (Å²) < 4.78 is 45.7. The van der Waals surface area contributed by atoms with E-state index in [0.717, 1.165) is 35.4 Å². The second kappa shape index (κ2) is 13.1. The van der Waals surface area contributed by atoms with Crippen molar-refractivity contribution in [2.75, 3.05) is 19.5 Å². The maximum Gasteiger partial charge on any atom is 0.274 e. The third kappa shape index (κ3) is 6.82. The van der Waals surface area contributed by atoms with Crippen molar-refractivity contribution in [3.8, 4) is 34.3 Å². The van der Waals surface area contributed by atoms with E-state index in [9.17, 15) is 17.8 Å². The molecule has 1 fully saturated rings. The van der Waals surface area contributed by atoms with Crippen LogP contribution in [0.15, 0.2) is 90.1 Å². The molecule has 0 saturated heterocycles. The number of methoxy groups -OCH3 is 2. The Labute approximate surface area is 281 Å². The molecule has 2 N–H and O–H groups in total. The van der Waals surface area contributed by atoms with E-state index in [4.69, 9.17) is 14.6 Å². The molecule has 49 heavy (non-hydrogen) atoms. The van der Waals surface area contributed by atoms with Crippen molar-refractivity contribution in [3.05, 3.63) is 112 Å². The first-order chi connectivity index (χ1) is 23.7. The highest BCUT2D eigenvalue weighted by molar-refractivity contribution is 7.85. The van der Waals surface area contributed by atoms with Crippen LogP contribution < -0.4 is 20.3 Å². The number of nitrogens with zero attached hydrogens (tertiary/aromatic N) is 6. The third-order valence-electron chi connectivity index (χ3n) is 8.21. The van der Waals surface area contributed by atoms with Crippen LogP contribution in [-0.2, 0) is 22.4 Å². The fourth-order valence-electron chi connectivity index (χ4n) is 5.66. The average molecular weight is 678 g/mol. The second-order valence-corrected chi connectivity index (χ2v) is 13.1. The van der Waals surface area contributed by atoms with Gasteiger partial charge < -0.3 is 14.8 Å². The molecule has 6 aromatic rings. The van der Waals surface area contributed by atoms with Crippen molar-refractivity contribution in [2.45, 2.75) is 31.1 Å². The minimum absolute atomic E-state index is 0.164. The van der Waals surface area contributed by atoms with Gasteiger partial charge in [0.15, 0.2) is 5.82 Å². The average Bonchev–Trinajstić information content (AvgIpc) is 3.96. The van der Waals surface area contributed by atoms with Gasteiger partial charge in [-0.25, -0.2) is 24.6 Å². The minimum Gasteiger partial charge on any atom is -0.497 e. The summed E-state index contributed by atoms with van der Waals surface area (Å²) in [6.45, 7) is 0.270. The molecule has 1 aliphatic carbocycles. The van der Waals surface area contributed by atoms with Gasteiger partial charge in [0.2, 0.25) is 5.88 Å². The van der Waals surface area contributed by atoms with Gasteiger partial charge >= 0.3 is 0 Å². The number of aromatic nitrogens is 6. The van der Waals surface area contributed by atoms with Crippen LogP contribution in [0.5, 0.6) is 11.6 Å². The fraction of sp³-hybridized carbons (Fsp3) is 0.200. The summed E-state index contributed by atoms with van der Waals surface area (Å²) in [4.78, 5) is 31.2. The van der Waals surface area contributed by atoms with Gasteiger partial charge in [0.25, 0.3) is 15.7 Å². The number of rotatable bonds is 11. The normalized spacial score (nSPS) is 13.0. The Kier molecular flexibility index (Phi) is 8.48. The molecule has 1 aliphatic rings. The Hall–Kier alpha value is -5.73. The summed E-state index contributed by atoms with van der Waals surface area (Å²) in [5.41, 5.74) is 4.11. The predicted octanol–water partition coefficient (Wildman–Crippen LogP) is 5.38. The van der Waals surface area contributed by atoms with Crippen LogP contribution >= 0.6 is 0 Å². The fourth-order valence-corrected chi connectivity index (χ4v) is 6.26. The number of ether oxygens (including phenoxy) is 2. The number of nitrogens with one attached hydrogen (secondary N) is 1. The lowest BCUT2D eigenvalue weighted by atomic mass is 10.0. The molecule has 248 valence electrons. The maximum atomic E-state index is 13.4. The van der Waals surface area contributed by atoms with Crippen LogP contribution in [0.2, 0.25) is 0 Å². The first kappa shape index (κ1) is 31.8. The van der Waals surface area contributed by atoms with Crippen molar-refractivity contribution >= 4 is 32.4 Å². The van der Waals surface area contributed by atoms with E-state index in [2.05, 4.69) is 25.3 Å². The van der Waals surface area contributed by atoms with Gasteiger partial charge in [-0.3, -0.25) is 9.35 Å². The summed E-state index contributed by atoms with van der Waals surface area (Å²) in [6.07, 6.45) is 4.73. The predicted molar refractivity (Wildman–Crippen MR) is 184 cm³/mol. The van der Waals surface area contributed by atoms with Crippen LogP contribution in [0, 0.1) is 0 Å². The van der Waals surface area contributed by atoms with Crippen LogP contribution in [-0.4, -0.2) is 56.9 Å². The number of benzene rings is 3. The lowest BCUT2D eigenvalue weighted by Crippen LogP contribution is -2.24. The number of fused-ring (bicyclic) bond motifs is 1. The minimum atomic E-state index is -4.40. The van der Waals surface area contributed by atoms with Gasteiger partial charge in [0.1, 0.15) is 29.2 Å². The van der Waals surface area contributed by atoms with Gasteiger partial charge in [0, 0.05) is 34.3 Å². The van der Waals surface area contributed by atoms with E-state index in [1.54, 1.807) is 25.3 Å². The Morgan fingerprint density at radius 3 is 2.33 bits per heavy atom. The molecular formula is C35H31N7O6S. The quantitative estimate of drug-likeness (QED) is 0.168. The molecule has 0 bridgehead atoms. The van der Waals surface area contributed by atoms with Gasteiger partial charge in [-0.15, -0.1) is 0 Å². The van der Waals surface area contributed by atoms with E-state index < -0.39 is 15.9 Å². The van der Waals surface area contributed by atoms with Crippen molar-refractivity contribution < 1.29 is 22.4 Å². The Bertz CT molecular complexity index is 2340. The molecule has 0 aliphatic heterocycles. The van der Waals surface area contributed by atoms with E-state index in [1.165, 1.54) is 24.3 Å². The first-order valence-electron chi connectivity index (χ1n) is 15.4. The standard InChI is InChI=1S/C35H31N7O6S/c1-47-26-15-7-21(8-16-26)18-42-35(43)28-6-4-3-5-27(28)30(41-42)22-11-13-25(14-12-22)39-32-24(19-49(44,45)46)17-36-33(40-32)29-31(23-9-10-23)37-20-38-34(29)48-2/h3-8,11-17,20,23H,9-10,18-19H2,1-2H3,(H,36,39,40)(H,44,45,46). The molecule has 0 amide bonds. The van der Waals surface area contributed by atoms with E-state index in [1.807, 2.05) is 54.6 Å². The zero-order valence-electron chi connectivity index (χ0n) is 26.6. The second-order valence-electron chi connectivity index (χ2n) is 11.6. The topological polar surface area (TPSA) is 171 Å². The van der Waals surface area contributed by atoms with Gasteiger partial charge in [-0.1, -0.05) is 42.5 Å². The summed E-state index contributed by atoms with van der Waals surface area (Å²) in [5.74, 6) is 0.996. The Balaban J connectivity index is 1.25. The molecule has 0 atom stereocenters. The zero-order valence-corrected chi connectivity index (χ0v) is 27.4. The third-order valence-corrected chi connectivity index (χ3v) is 8.88. The van der Waals surface area contributed by atoms with Gasteiger partial charge in [-0.05, 0) is 48.7 Å². The summed E-state index contributed by atoms with van der Waals surface area (Å²) >= 11 is 0. The Morgan fingerprint density at radius 2 is 1.65 bits per heavy atom. The molecule has 0 unspecified atom stereocenters. The lowest BCUT2D eigenvalue weighted by Gasteiger charge is -2.15. The van der Waals surface area contributed by atoms with Crippen molar-refractivity contribution in [1.29, 1.82) is 0 Å². The molecule has 3 aromatic carbocycles.